The van der Waals surface area contributed by atoms with Crippen LogP contribution >= 0.6 is 0 Å². The third-order valence-corrected chi connectivity index (χ3v) is 6.97. The van der Waals surface area contributed by atoms with Crippen LogP contribution in [-0.2, 0) is 19.6 Å². The number of esters is 1. The molecule has 1 amide bonds. The topological polar surface area (TPSA) is 120 Å². The summed E-state index contributed by atoms with van der Waals surface area (Å²) < 4.78 is 48.4. The lowest BCUT2D eigenvalue weighted by Crippen LogP contribution is -2.38. The molecule has 0 atom stereocenters. The van der Waals surface area contributed by atoms with Gasteiger partial charge in [0.25, 0.3) is 10.0 Å². The number of nitrogens with one attached hydrogen (secondary N) is 1. The molecule has 0 bridgehead atoms. The quantitative estimate of drug-likeness (QED) is 0.409. The molecule has 0 saturated heterocycles. The highest BCUT2D eigenvalue weighted by molar-refractivity contribution is 7.92. The summed E-state index contributed by atoms with van der Waals surface area (Å²) >= 11 is 0. The number of ether oxygens (including phenoxy) is 4. The summed E-state index contributed by atoms with van der Waals surface area (Å²) in [5.41, 5.74) is 0.358. The van der Waals surface area contributed by atoms with E-state index >= 15 is 0 Å². The number of nitrogens with zero attached hydrogens (tertiary/aromatic N) is 1. The Morgan fingerprint density at radius 3 is 2.00 bits per heavy atom. The lowest BCUT2D eigenvalue weighted by molar-refractivity contribution is -0.114. The smallest absolute Gasteiger partial charge is 0.340 e. The van der Waals surface area contributed by atoms with Crippen molar-refractivity contribution in [3.63, 3.8) is 0 Å². The third-order valence-electron chi connectivity index (χ3n) is 5.18. The zero-order chi connectivity index (χ0) is 26.3. The van der Waals surface area contributed by atoms with Gasteiger partial charge >= 0.3 is 5.97 Å². The van der Waals surface area contributed by atoms with Crippen LogP contribution in [0.3, 0.4) is 0 Å². The fourth-order valence-corrected chi connectivity index (χ4v) is 4.79. The number of amides is 1. The Morgan fingerprint density at radius 1 is 0.833 bits per heavy atom. The standard InChI is InChI=1S/C25H26N2O8S/c1-32-18-10-12-19(13-11-18)36(30,31)27(17-8-6-5-7-9-17)16-24(28)26-21-15-23(34-3)22(33-2)14-20(21)25(29)35-4/h5-15H,16H2,1-4H3,(H,26,28). The van der Waals surface area contributed by atoms with Crippen molar-refractivity contribution in [1.82, 2.24) is 0 Å². The summed E-state index contributed by atoms with van der Waals surface area (Å²) in [5.74, 6) is -0.429. The highest BCUT2D eigenvalue weighted by Crippen LogP contribution is 2.34. The molecule has 0 unspecified atom stereocenters. The first-order valence-corrected chi connectivity index (χ1v) is 12.0. The van der Waals surface area contributed by atoms with Crippen LogP contribution in [0.4, 0.5) is 11.4 Å². The van der Waals surface area contributed by atoms with Gasteiger partial charge in [-0.3, -0.25) is 9.10 Å². The van der Waals surface area contributed by atoms with E-state index in [4.69, 9.17) is 18.9 Å². The molecule has 11 heteroatoms. The van der Waals surface area contributed by atoms with Crippen molar-refractivity contribution in [2.45, 2.75) is 4.90 Å². The Morgan fingerprint density at radius 2 is 1.44 bits per heavy atom. The van der Waals surface area contributed by atoms with Gasteiger partial charge in [-0.25, -0.2) is 13.2 Å². The normalized spacial score (nSPS) is 10.8. The van der Waals surface area contributed by atoms with E-state index in [-0.39, 0.29) is 33.3 Å². The molecule has 3 rings (SSSR count). The molecule has 10 nitrogen and oxygen atoms in total. The second-order valence-electron chi connectivity index (χ2n) is 7.32. The summed E-state index contributed by atoms with van der Waals surface area (Å²) in [6, 6.07) is 16.8. The number of hydrogen-bond donors (Lipinski definition) is 1. The van der Waals surface area contributed by atoms with Gasteiger partial charge in [-0.15, -0.1) is 0 Å². The van der Waals surface area contributed by atoms with Gasteiger partial charge in [0, 0.05) is 12.1 Å². The van der Waals surface area contributed by atoms with Crippen LogP contribution in [0.1, 0.15) is 10.4 Å². The summed E-state index contributed by atoms with van der Waals surface area (Å²) in [7, 11) is 1.33. The zero-order valence-electron chi connectivity index (χ0n) is 20.2. The van der Waals surface area contributed by atoms with Gasteiger partial charge < -0.3 is 24.3 Å². The van der Waals surface area contributed by atoms with Crippen molar-refractivity contribution in [2.75, 3.05) is 44.6 Å². The molecular weight excluding hydrogens is 488 g/mol. The zero-order valence-corrected chi connectivity index (χ0v) is 21.0. The van der Waals surface area contributed by atoms with Crippen molar-refractivity contribution < 1.29 is 37.0 Å². The van der Waals surface area contributed by atoms with Crippen LogP contribution in [0.15, 0.2) is 71.6 Å². The fourth-order valence-electron chi connectivity index (χ4n) is 3.37. The number of methoxy groups -OCH3 is 4. The van der Waals surface area contributed by atoms with Crippen LogP contribution in [0, 0.1) is 0 Å². The van der Waals surface area contributed by atoms with Crippen molar-refractivity contribution in [3.05, 3.63) is 72.3 Å². The Labute approximate surface area is 209 Å². The first kappa shape index (κ1) is 26.4. The van der Waals surface area contributed by atoms with Gasteiger partial charge in [0.15, 0.2) is 11.5 Å². The Hall–Kier alpha value is -4.25. The minimum absolute atomic E-state index is 0.00720. The van der Waals surface area contributed by atoms with Gasteiger partial charge in [0.05, 0.1) is 50.3 Å². The van der Waals surface area contributed by atoms with E-state index in [2.05, 4.69) is 5.32 Å². The maximum absolute atomic E-state index is 13.5. The number of carbonyl (C=O) groups excluding carboxylic acids is 2. The molecule has 3 aromatic carbocycles. The first-order chi connectivity index (χ1) is 17.2. The highest BCUT2D eigenvalue weighted by Gasteiger charge is 2.28. The summed E-state index contributed by atoms with van der Waals surface area (Å²) in [4.78, 5) is 25.4. The van der Waals surface area contributed by atoms with Gasteiger partial charge in [-0.2, -0.15) is 0 Å². The van der Waals surface area contributed by atoms with Crippen molar-refractivity contribution >= 4 is 33.3 Å². The molecule has 3 aromatic rings. The monoisotopic (exact) mass is 514 g/mol. The average molecular weight is 515 g/mol. The minimum Gasteiger partial charge on any atom is -0.497 e. The number of benzene rings is 3. The maximum Gasteiger partial charge on any atom is 0.340 e. The summed E-state index contributed by atoms with van der Waals surface area (Å²) in [6.45, 7) is -0.576. The average Bonchev–Trinajstić information content (AvgIpc) is 2.91. The Bertz CT molecular complexity index is 1330. The van der Waals surface area contributed by atoms with Gasteiger partial charge in [0.2, 0.25) is 5.91 Å². The molecule has 0 aromatic heterocycles. The van der Waals surface area contributed by atoms with Crippen LogP contribution in [0.5, 0.6) is 17.2 Å². The lowest BCUT2D eigenvalue weighted by Gasteiger charge is -2.24. The second-order valence-corrected chi connectivity index (χ2v) is 9.18. The lowest BCUT2D eigenvalue weighted by atomic mass is 10.1. The Balaban J connectivity index is 1.98. The van der Waals surface area contributed by atoms with Crippen LogP contribution < -0.4 is 23.8 Å². The van der Waals surface area contributed by atoms with Crippen LogP contribution in [0.25, 0.3) is 0 Å². The van der Waals surface area contributed by atoms with Crippen LogP contribution in [-0.4, -0.2) is 55.3 Å². The number of anilines is 2. The molecule has 0 heterocycles. The largest absolute Gasteiger partial charge is 0.497 e. The highest BCUT2D eigenvalue weighted by atomic mass is 32.2. The predicted octanol–water partition coefficient (Wildman–Crippen LogP) is 3.33. The summed E-state index contributed by atoms with van der Waals surface area (Å²) in [6.07, 6.45) is 0. The van der Waals surface area contributed by atoms with Crippen molar-refractivity contribution in [2.24, 2.45) is 0 Å². The SMILES string of the molecule is COC(=O)c1cc(OC)c(OC)cc1NC(=O)CN(c1ccccc1)S(=O)(=O)c1ccc(OC)cc1. The fraction of sp³-hybridized carbons (Fsp3) is 0.200. The van der Waals surface area contributed by atoms with E-state index in [0.29, 0.717) is 5.75 Å². The molecule has 0 aliphatic rings. The molecule has 0 saturated carbocycles. The van der Waals surface area contributed by atoms with Gasteiger partial charge in [-0.1, -0.05) is 18.2 Å². The molecule has 0 spiro atoms. The van der Waals surface area contributed by atoms with E-state index < -0.39 is 28.4 Å². The molecule has 0 aliphatic heterocycles. The molecular formula is C25H26N2O8S. The number of carbonyl (C=O) groups is 2. The van der Waals surface area contributed by atoms with E-state index in [0.717, 1.165) is 4.31 Å². The number of para-hydroxylation sites is 1. The molecule has 0 radical (unpaired) electrons. The number of rotatable bonds is 10. The van der Waals surface area contributed by atoms with Gasteiger partial charge in [-0.05, 0) is 36.4 Å². The second kappa shape index (κ2) is 11.5. The first-order valence-electron chi connectivity index (χ1n) is 10.6. The molecule has 1 N–H and O–H groups in total. The van der Waals surface area contributed by atoms with E-state index in [1.54, 1.807) is 30.3 Å². The number of hydrogen-bond acceptors (Lipinski definition) is 8. The van der Waals surface area contributed by atoms with Crippen molar-refractivity contribution in [3.8, 4) is 17.2 Å². The molecule has 0 fully saturated rings. The molecule has 190 valence electrons. The van der Waals surface area contributed by atoms with Gasteiger partial charge in [0.1, 0.15) is 12.3 Å². The van der Waals surface area contributed by atoms with Crippen LogP contribution in [0.2, 0.25) is 0 Å². The van der Waals surface area contributed by atoms with E-state index in [1.165, 1.54) is 64.8 Å². The van der Waals surface area contributed by atoms with E-state index in [1.807, 2.05) is 0 Å². The minimum atomic E-state index is -4.14. The Kier molecular flexibility index (Phi) is 8.38. The third kappa shape index (κ3) is 5.69. The molecule has 36 heavy (non-hydrogen) atoms. The molecule has 0 aliphatic carbocycles. The predicted molar refractivity (Wildman–Crippen MR) is 133 cm³/mol. The number of sulfonamides is 1. The summed E-state index contributed by atoms with van der Waals surface area (Å²) in [5, 5.41) is 2.59. The van der Waals surface area contributed by atoms with E-state index in [9.17, 15) is 18.0 Å². The maximum atomic E-state index is 13.5. The van der Waals surface area contributed by atoms with Crippen molar-refractivity contribution in [1.29, 1.82) is 0 Å².